The van der Waals surface area contributed by atoms with Crippen molar-refractivity contribution in [1.82, 2.24) is 4.98 Å². The SMILES string of the molecule is O=C(O)c1cccc(Sc2cccnc2)c1-c1ccccc1. The van der Waals surface area contributed by atoms with E-state index < -0.39 is 5.97 Å². The van der Waals surface area contributed by atoms with Gasteiger partial charge in [-0.05, 0) is 29.8 Å². The largest absolute Gasteiger partial charge is 0.478 e. The quantitative estimate of drug-likeness (QED) is 0.765. The number of carboxylic acids is 1. The van der Waals surface area contributed by atoms with Crippen LogP contribution in [-0.4, -0.2) is 16.1 Å². The Balaban J connectivity index is 2.14. The molecule has 0 spiro atoms. The van der Waals surface area contributed by atoms with Crippen LogP contribution in [0.15, 0.2) is 82.8 Å². The van der Waals surface area contributed by atoms with E-state index in [-0.39, 0.29) is 0 Å². The molecule has 0 amide bonds. The lowest BCUT2D eigenvalue weighted by Gasteiger charge is -2.12. The number of aromatic nitrogens is 1. The van der Waals surface area contributed by atoms with Crippen LogP contribution in [0.4, 0.5) is 0 Å². The molecule has 0 fully saturated rings. The van der Waals surface area contributed by atoms with E-state index in [1.54, 1.807) is 24.5 Å². The van der Waals surface area contributed by atoms with Crippen molar-refractivity contribution in [2.45, 2.75) is 9.79 Å². The Morgan fingerprint density at radius 1 is 0.955 bits per heavy atom. The molecule has 3 nitrogen and oxygen atoms in total. The van der Waals surface area contributed by atoms with Crippen molar-refractivity contribution >= 4 is 17.7 Å². The second kappa shape index (κ2) is 6.45. The number of carboxylic acid groups (broad SMARTS) is 1. The number of hydrogen-bond donors (Lipinski definition) is 1. The zero-order chi connectivity index (χ0) is 15.4. The summed E-state index contributed by atoms with van der Waals surface area (Å²) < 4.78 is 0. The molecule has 108 valence electrons. The highest BCUT2D eigenvalue weighted by molar-refractivity contribution is 7.99. The molecular formula is C18H13NO2S. The third-order valence-electron chi connectivity index (χ3n) is 3.18. The average Bonchev–Trinajstić information content (AvgIpc) is 2.56. The van der Waals surface area contributed by atoms with Gasteiger partial charge in [0.05, 0.1) is 5.56 Å². The number of nitrogens with zero attached hydrogens (tertiary/aromatic N) is 1. The lowest BCUT2D eigenvalue weighted by Crippen LogP contribution is -2.00. The van der Waals surface area contributed by atoms with Crippen LogP contribution < -0.4 is 0 Å². The highest BCUT2D eigenvalue weighted by Crippen LogP contribution is 2.37. The molecule has 0 aliphatic rings. The first-order chi connectivity index (χ1) is 10.8. The molecule has 0 aliphatic carbocycles. The minimum absolute atomic E-state index is 0.306. The van der Waals surface area contributed by atoms with Gasteiger partial charge in [-0.1, -0.05) is 48.2 Å². The molecule has 0 atom stereocenters. The van der Waals surface area contributed by atoms with Crippen molar-refractivity contribution in [3.05, 3.63) is 78.6 Å². The van der Waals surface area contributed by atoms with Crippen LogP contribution in [0.5, 0.6) is 0 Å². The van der Waals surface area contributed by atoms with E-state index in [2.05, 4.69) is 4.98 Å². The minimum atomic E-state index is -0.924. The van der Waals surface area contributed by atoms with E-state index in [0.29, 0.717) is 5.56 Å². The van der Waals surface area contributed by atoms with E-state index in [4.69, 9.17) is 0 Å². The molecule has 0 saturated heterocycles. The summed E-state index contributed by atoms with van der Waals surface area (Å²) in [5.41, 5.74) is 1.94. The second-order valence-corrected chi connectivity index (χ2v) is 5.76. The molecule has 1 aromatic heterocycles. The topological polar surface area (TPSA) is 50.2 Å². The second-order valence-electron chi connectivity index (χ2n) is 4.64. The Bertz CT molecular complexity index is 789. The third-order valence-corrected chi connectivity index (χ3v) is 4.22. The Kier molecular flexibility index (Phi) is 4.21. The summed E-state index contributed by atoms with van der Waals surface area (Å²) in [4.78, 5) is 17.6. The smallest absolute Gasteiger partial charge is 0.336 e. The zero-order valence-corrected chi connectivity index (χ0v) is 12.5. The first-order valence-corrected chi connectivity index (χ1v) is 7.57. The van der Waals surface area contributed by atoms with E-state index in [1.807, 2.05) is 48.5 Å². The number of carbonyl (C=O) groups is 1. The lowest BCUT2D eigenvalue weighted by atomic mass is 10.00. The standard InChI is InChI=1S/C18H13NO2S/c20-18(21)15-9-4-10-16(22-14-8-5-11-19-12-14)17(15)13-6-2-1-3-7-13/h1-12H,(H,20,21). The zero-order valence-electron chi connectivity index (χ0n) is 11.6. The Morgan fingerprint density at radius 2 is 1.77 bits per heavy atom. The summed E-state index contributed by atoms with van der Waals surface area (Å²) in [7, 11) is 0. The van der Waals surface area contributed by atoms with Crippen molar-refractivity contribution in [1.29, 1.82) is 0 Å². The summed E-state index contributed by atoms with van der Waals surface area (Å²) in [5, 5.41) is 9.50. The molecule has 1 N–H and O–H groups in total. The van der Waals surface area contributed by atoms with Gasteiger partial charge in [-0.15, -0.1) is 0 Å². The summed E-state index contributed by atoms with van der Waals surface area (Å²) in [6.45, 7) is 0. The van der Waals surface area contributed by atoms with Crippen LogP contribution in [-0.2, 0) is 0 Å². The number of hydrogen-bond acceptors (Lipinski definition) is 3. The normalized spacial score (nSPS) is 10.4. The molecule has 2 aromatic carbocycles. The summed E-state index contributed by atoms with van der Waals surface area (Å²) in [6.07, 6.45) is 3.49. The highest BCUT2D eigenvalue weighted by Gasteiger charge is 2.16. The van der Waals surface area contributed by atoms with E-state index in [0.717, 1.165) is 20.9 Å². The lowest BCUT2D eigenvalue weighted by molar-refractivity contribution is 0.0697. The number of aromatic carboxylic acids is 1. The van der Waals surface area contributed by atoms with Gasteiger partial charge in [0.2, 0.25) is 0 Å². The molecule has 4 heteroatoms. The van der Waals surface area contributed by atoms with Crippen molar-refractivity contribution in [3.63, 3.8) is 0 Å². The summed E-state index contributed by atoms with van der Waals surface area (Å²) in [6, 6.07) is 18.8. The Morgan fingerprint density at radius 3 is 2.45 bits per heavy atom. The van der Waals surface area contributed by atoms with Crippen molar-refractivity contribution in [3.8, 4) is 11.1 Å². The van der Waals surface area contributed by atoms with Gasteiger partial charge in [0.25, 0.3) is 0 Å². The Hall–Kier alpha value is -2.59. The van der Waals surface area contributed by atoms with Gasteiger partial charge in [0, 0.05) is 27.7 Å². The molecule has 0 aliphatic heterocycles. The number of pyridine rings is 1. The van der Waals surface area contributed by atoms with Crippen LogP contribution in [0.25, 0.3) is 11.1 Å². The van der Waals surface area contributed by atoms with Crippen molar-refractivity contribution < 1.29 is 9.90 Å². The number of benzene rings is 2. The van der Waals surface area contributed by atoms with Crippen LogP contribution >= 0.6 is 11.8 Å². The van der Waals surface area contributed by atoms with Crippen molar-refractivity contribution in [2.24, 2.45) is 0 Å². The first kappa shape index (κ1) is 14.4. The molecule has 22 heavy (non-hydrogen) atoms. The first-order valence-electron chi connectivity index (χ1n) is 6.75. The minimum Gasteiger partial charge on any atom is -0.478 e. The van der Waals surface area contributed by atoms with E-state index >= 15 is 0 Å². The van der Waals surface area contributed by atoms with Crippen LogP contribution in [0.1, 0.15) is 10.4 Å². The maximum absolute atomic E-state index is 11.6. The predicted octanol–water partition coefficient (Wildman–Crippen LogP) is 4.60. The van der Waals surface area contributed by atoms with Gasteiger partial charge in [-0.2, -0.15) is 0 Å². The molecule has 3 aromatic rings. The fraction of sp³-hybridized carbons (Fsp3) is 0. The molecular weight excluding hydrogens is 294 g/mol. The fourth-order valence-corrected chi connectivity index (χ4v) is 3.22. The van der Waals surface area contributed by atoms with Gasteiger partial charge >= 0.3 is 5.97 Å². The van der Waals surface area contributed by atoms with Crippen LogP contribution in [0, 0.1) is 0 Å². The fourth-order valence-electron chi connectivity index (χ4n) is 2.23. The number of rotatable bonds is 4. The Labute approximate surface area is 132 Å². The molecule has 3 rings (SSSR count). The van der Waals surface area contributed by atoms with Gasteiger partial charge < -0.3 is 5.11 Å². The molecule has 1 heterocycles. The maximum atomic E-state index is 11.6. The van der Waals surface area contributed by atoms with Gasteiger partial charge in [0.15, 0.2) is 0 Å². The molecule has 0 bridgehead atoms. The van der Waals surface area contributed by atoms with Crippen LogP contribution in [0.3, 0.4) is 0 Å². The van der Waals surface area contributed by atoms with Gasteiger partial charge in [0.1, 0.15) is 0 Å². The van der Waals surface area contributed by atoms with E-state index in [9.17, 15) is 9.90 Å². The summed E-state index contributed by atoms with van der Waals surface area (Å²) >= 11 is 1.51. The molecule has 0 radical (unpaired) electrons. The third kappa shape index (κ3) is 3.02. The monoisotopic (exact) mass is 307 g/mol. The molecule has 0 unspecified atom stereocenters. The summed E-state index contributed by atoms with van der Waals surface area (Å²) in [5.74, 6) is -0.924. The highest BCUT2D eigenvalue weighted by atomic mass is 32.2. The van der Waals surface area contributed by atoms with E-state index in [1.165, 1.54) is 11.8 Å². The van der Waals surface area contributed by atoms with Crippen molar-refractivity contribution in [2.75, 3.05) is 0 Å². The maximum Gasteiger partial charge on any atom is 0.336 e. The van der Waals surface area contributed by atoms with Gasteiger partial charge in [-0.3, -0.25) is 4.98 Å². The van der Waals surface area contributed by atoms with Crippen LogP contribution in [0.2, 0.25) is 0 Å². The van der Waals surface area contributed by atoms with Gasteiger partial charge in [-0.25, -0.2) is 4.79 Å². The molecule has 0 saturated carbocycles. The average molecular weight is 307 g/mol. The predicted molar refractivity (Wildman–Crippen MR) is 87.2 cm³/mol.